The number of nitrogens with zero attached hydrogens (tertiary/aromatic N) is 1. The lowest BCUT2D eigenvalue weighted by molar-refractivity contribution is 0.411. The lowest BCUT2D eigenvalue weighted by atomic mass is 10.1. The maximum absolute atomic E-state index is 12.2. The molecule has 0 aliphatic heterocycles. The van der Waals surface area contributed by atoms with Crippen LogP contribution in [0.25, 0.3) is 0 Å². The summed E-state index contributed by atoms with van der Waals surface area (Å²) in [7, 11) is -1.49. The van der Waals surface area contributed by atoms with Gasteiger partial charge in [0.15, 0.2) is 15.8 Å². The van der Waals surface area contributed by atoms with Gasteiger partial charge < -0.3 is 15.4 Å². The number of hydrogen-bond donors (Lipinski definition) is 2. The number of rotatable bonds is 8. The van der Waals surface area contributed by atoms with E-state index in [1.54, 1.807) is 27.9 Å². The molecule has 0 saturated carbocycles. The second-order valence-electron chi connectivity index (χ2n) is 7.17. The molecule has 0 aromatic heterocycles. The van der Waals surface area contributed by atoms with E-state index in [1.165, 1.54) is 5.56 Å². The van der Waals surface area contributed by atoms with Gasteiger partial charge in [0.05, 0.1) is 24.2 Å². The Labute approximate surface area is 181 Å². The van der Waals surface area contributed by atoms with Crippen LogP contribution in [0.5, 0.6) is 5.75 Å². The highest BCUT2D eigenvalue weighted by atomic mass is 127. The van der Waals surface area contributed by atoms with Crippen LogP contribution in [0, 0.1) is 6.92 Å². The van der Waals surface area contributed by atoms with Gasteiger partial charge in [0.2, 0.25) is 0 Å². The molecule has 0 saturated heterocycles. The molecule has 0 radical (unpaired) electrons. The van der Waals surface area contributed by atoms with Crippen LogP contribution in [0.3, 0.4) is 0 Å². The van der Waals surface area contributed by atoms with Crippen LogP contribution in [0.15, 0.2) is 23.2 Å². The number of aryl methyl sites for hydroxylation is 1. The molecule has 2 N–H and O–H groups in total. The Morgan fingerprint density at radius 2 is 1.89 bits per heavy atom. The Hall–Kier alpha value is -1.03. The molecule has 0 aliphatic carbocycles. The zero-order chi connectivity index (χ0) is 19.8. The maximum Gasteiger partial charge on any atom is 0.191 e. The highest BCUT2D eigenvalue weighted by molar-refractivity contribution is 14.0. The van der Waals surface area contributed by atoms with Crippen molar-refractivity contribution < 1.29 is 13.2 Å². The van der Waals surface area contributed by atoms with Crippen molar-refractivity contribution in [3.63, 3.8) is 0 Å². The van der Waals surface area contributed by atoms with Crippen LogP contribution in [0.2, 0.25) is 0 Å². The fourth-order valence-electron chi connectivity index (χ4n) is 2.27. The van der Waals surface area contributed by atoms with Crippen LogP contribution in [-0.2, 0) is 16.3 Å². The summed E-state index contributed by atoms with van der Waals surface area (Å²) in [5.41, 5.74) is 2.28. The number of nitrogens with one attached hydrogen (secondary N) is 2. The van der Waals surface area contributed by atoms with Crippen molar-refractivity contribution in [3.8, 4) is 5.75 Å². The predicted molar refractivity (Wildman–Crippen MR) is 124 cm³/mol. The minimum absolute atomic E-state index is 0. The van der Waals surface area contributed by atoms with E-state index in [1.807, 2.05) is 26.0 Å². The first kappa shape index (κ1) is 26.0. The first-order chi connectivity index (χ1) is 12.1. The van der Waals surface area contributed by atoms with E-state index in [9.17, 15) is 8.42 Å². The third-order valence-electron chi connectivity index (χ3n) is 4.09. The largest absolute Gasteiger partial charge is 0.496 e. The normalized spacial score (nSPS) is 12.3. The van der Waals surface area contributed by atoms with E-state index in [2.05, 4.69) is 21.7 Å². The highest BCUT2D eigenvalue weighted by Crippen LogP contribution is 2.19. The first-order valence-electron chi connectivity index (χ1n) is 8.98. The number of guanidine groups is 1. The van der Waals surface area contributed by atoms with Gasteiger partial charge in [-0.05, 0) is 58.2 Å². The van der Waals surface area contributed by atoms with E-state index in [0.29, 0.717) is 12.5 Å². The van der Waals surface area contributed by atoms with Crippen molar-refractivity contribution in [2.24, 2.45) is 4.99 Å². The molecule has 0 amide bonds. The second-order valence-corrected chi connectivity index (χ2v) is 10.0. The standard InChI is InChI=1S/C19H33N3O3S.HI/c1-7-20-18(22-12-13-26(23,24)19(3,4)5)21-11-10-16-9-8-15(2)17(14-16)25-6;/h8-9,14H,7,10-13H2,1-6H3,(H2,20,21,22);1H. The Bertz CT molecular complexity index is 713. The summed E-state index contributed by atoms with van der Waals surface area (Å²) >= 11 is 0. The highest BCUT2D eigenvalue weighted by Gasteiger charge is 2.28. The first-order valence-corrected chi connectivity index (χ1v) is 10.6. The summed E-state index contributed by atoms with van der Waals surface area (Å²) < 4.78 is 28.9. The third kappa shape index (κ3) is 8.68. The van der Waals surface area contributed by atoms with Gasteiger partial charge in [0.25, 0.3) is 0 Å². The second kappa shape index (κ2) is 11.7. The Balaban J connectivity index is 0.00000676. The number of benzene rings is 1. The van der Waals surface area contributed by atoms with Crippen molar-refractivity contribution in [2.45, 2.75) is 45.8 Å². The van der Waals surface area contributed by atoms with Crippen LogP contribution in [0.1, 0.15) is 38.8 Å². The van der Waals surface area contributed by atoms with E-state index >= 15 is 0 Å². The average molecular weight is 511 g/mol. The fraction of sp³-hybridized carbons (Fsp3) is 0.632. The third-order valence-corrected chi connectivity index (χ3v) is 6.67. The summed E-state index contributed by atoms with van der Waals surface area (Å²) in [5.74, 6) is 1.56. The molecule has 0 spiro atoms. The summed E-state index contributed by atoms with van der Waals surface area (Å²) in [6.45, 7) is 10.8. The zero-order valence-corrected chi connectivity index (χ0v) is 20.4. The summed E-state index contributed by atoms with van der Waals surface area (Å²) in [4.78, 5) is 4.38. The van der Waals surface area contributed by atoms with Crippen molar-refractivity contribution in [1.82, 2.24) is 10.6 Å². The molecule has 1 rings (SSSR count). The quantitative estimate of drug-likeness (QED) is 0.319. The van der Waals surface area contributed by atoms with Gasteiger partial charge in [-0.25, -0.2) is 8.42 Å². The van der Waals surface area contributed by atoms with Crippen molar-refractivity contribution >= 4 is 39.8 Å². The van der Waals surface area contributed by atoms with Gasteiger partial charge in [0.1, 0.15) is 5.75 Å². The molecular weight excluding hydrogens is 477 g/mol. The molecule has 0 fully saturated rings. The lowest BCUT2D eigenvalue weighted by Gasteiger charge is -2.18. The minimum Gasteiger partial charge on any atom is -0.496 e. The molecule has 1 aromatic rings. The molecule has 27 heavy (non-hydrogen) atoms. The molecule has 156 valence electrons. The Morgan fingerprint density at radius 1 is 1.22 bits per heavy atom. The molecule has 1 aromatic carbocycles. The van der Waals surface area contributed by atoms with Gasteiger partial charge in [-0.2, -0.15) is 0 Å². The van der Waals surface area contributed by atoms with Gasteiger partial charge in [-0.1, -0.05) is 12.1 Å². The topological polar surface area (TPSA) is 79.8 Å². The van der Waals surface area contributed by atoms with E-state index in [4.69, 9.17) is 4.74 Å². The van der Waals surface area contributed by atoms with Crippen LogP contribution in [0.4, 0.5) is 0 Å². The molecule has 6 nitrogen and oxygen atoms in total. The van der Waals surface area contributed by atoms with Crippen LogP contribution < -0.4 is 15.4 Å². The summed E-state index contributed by atoms with van der Waals surface area (Å²) in [6, 6.07) is 6.17. The Kier molecular flexibility index (Phi) is 11.3. The molecule has 0 aliphatic rings. The van der Waals surface area contributed by atoms with E-state index in [-0.39, 0.29) is 36.3 Å². The Morgan fingerprint density at radius 3 is 2.44 bits per heavy atom. The summed E-state index contributed by atoms with van der Waals surface area (Å²) in [6.07, 6.45) is 0.821. The maximum atomic E-state index is 12.2. The van der Waals surface area contributed by atoms with Crippen LogP contribution >= 0.6 is 24.0 Å². The molecule has 0 heterocycles. The smallest absolute Gasteiger partial charge is 0.191 e. The van der Waals surface area contributed by atoms with E-state index < -0.39 is 14.6 Å². The van der Waals surface area contributed by atoms with Crippen molar-refractivity contribution in [3.05, 3.63) is 29.3 Å². The number of methoxy groups -OCH3 is 1. The van der Waals surface area contributed by atoms with Gasteiger partial charge in [0, 0.05) is 13.1 Å². The van der Waals surface area contributed by atoms with Gasteiger partial charge in [-0.3, -0.25) is 4.99 Å². The molecule has 0 atom stereocenters. The monoisotopic (exact) mass is 511 g/mol. The van der Waals surface area contributed by atoms with Gasteiger partial charge in [-0.15, -0.1) is 24.0 Å². The number of ether oxygens (including phenoxy) is 1. The SMILES string of the molecule is CCNC(=NCCS(=O)(=O)C(C)(C)C)NCCc1ccc(C)c(OC)c1.I. The number of sulfone groups is 1. The van der Waals surface area contributed by atoms with Crippen molar-refractivity contribution in [2.75, 3.05) is 32.5 Å². The molecule has 8 heteroatoms. The average Bonchev–Trinajstić information content (AvgIpc) is 2.55. The minimum atomic E-state index is -3.16. The fourth-order valence-corrected chi connectivity index (χ4v) is 3.21. The number of hydrogen-bond acceptors (Lipinski definition) is 4. The van der Waals surface area contributed by atoms with Crippen LogP contribution in [-0.4, -0.2) is 51.6 Å². The molecular formula is C19H34IN3O3S. The number of aliphatic imine (C=N–C) groups is 1. The zero-order valence-electron chi connectivity index (χ0n) is 17.3. The van der Waals surface area contributed by atoms with E-state index in [0.717, 1.165) is 24.3 Å². The predicted octanol–water partition coefficient (Wildman–Crippen LogP) is 2.93. The lowest BCUT2D eigenvalue weighted by Crippen LogP contribution is -2.39. The van der Waals surface area contributed by atoms with Gasteiger partial charge >= 0.3 is 0 Å². The summed E-state index contributed by atoms with van der Waals surface area (Å²) in [5, 5.41) is 6.39. The molecule has 0 bridgehead atoms. The number of halogens is 1. The van der Waals surface area contributed by atoms with Crippen molar-refractivity contribution in [1.29, 1.82) is 0 Å². The molecule has 0 unspecified atom stereocenters.